The molecule has 1 aromatic carbocycles. The summed E-state index contributed by atoms with van der Waals surface area (Å²) in [5.74, 6) is 0.171. The Labute approximate surface area is 187 Å². The number of aromatic hydroxyl groups is 1. The Morgan fingerprint density at radius 1 is 0.645 bits per heavy atom. The zero-order valence-corrected chi connectivity index (χ0v) is 20.0. The van der Waals surface area contributed by atoms with E-state index < -0.39 is 24.4 Å². The van der Waals surface area contributed by atoms with E-state index in [1.54, 1.807) is 27.7 Å². The van der Waals surface area contributed by atoms with Gasteiger partial charge in [0.25, 0.3) is 0 Å². The number of rotatable bonds is 14. The molecule has 0 saturated carbocycles. The Morgan fingerprint density at radius 2 is 0.968 bits per heavy atom. The molecule has 5 N–H and O–H groups in total. The molecule has 1 aromatic rings. The number of nitrogens with zero attached hydrogens (tertiary/aromatic N) is 3. The molecule has 0 aliphatic heterocycles. The molecule has 0 spiro atoms. The van der Waals surface area contributed by atoms with E-state index in [1.165, 1.54) is 0 Å². The fourth-order valence-electron chi connectivity index (χ4n) is 3.91. The molecule has 180 valence electrons. The molecule has 0 aromatic heterocycles. The summed E-state index contributed by atoms with van der Waals surface area (Å²) in [4.78, 5) is 5.90. The van der Waals surface area contributed by atoms with Crippen LogP contribution in [0, 0.1) is 0 Å². The Hall–Kier alpha value is -1.26. The lowest BCUT2D eigenvalue weighted by atomic mass is 10.0. The second kappa shape index (κ2) is 13.3. The first-order chi connectivity index (χ1) is 14.4. The van der Waals surface area contributed by atoms with Crippen LogP contribution < -0.4 is 0 Å². The molecule has 1 rings (SSSR count). The van der Waals surface area contributed by atoms with Crippen LogP contribution in [-0.4, -0.2) is 105 Å². The summed E-state index contributed by atoms with van der Waals surface area (Å²) in [7, 11) is 3.96. The molecule has 0 aliphatic rings. The van der Waals surface area contributed by atoms with Gasteiger partial charge in [-0.25, -0.2) is 0 Å². The third kappa shape index (κ3) is 11.2. The molecular formula is C23H43N3O5. The number of hydrogen-bond acceptors (Lipinski definition) is 8. The zero-order chi connectivity index (χ0) is 23.7. The lowest BCUT2D eigenvalue weighted by Crippen LogP contribution is -2.36. The van der Waals surface area contributed by atoms with Crippen molar-refractivity contribution in [3.63, 3.8) is 0 Å². The molecule has 0 heterocycles. The molecule has 8 nitrogen and oxygen atoms in total. The average Bonchev–Trinajstić information content (AvgIpc) is 2.55. The third-order valence-electron chi connectivity index (χ3n) is 4.70. The fraction of sp³-hybridized carbons (Fsp3) is 0.739. The van der Waals surface area contributed by atoms with Crippen LogP contribution in [0.5, 0.6) is 5.75 Å². The second-order valence-electron chi connectivity index (χ2n) is 9.28. The van der Waals surface area contributed by atoms with Gasteiger partial charge in [-0.05, 0) is 59.5 Å². The SMILES string of the molecule is CC(O)CN(Cc1cc(CN(C)C)cc(CN(CC(C)O)CC(C)O)c1O)CC(C)O. The van der Waals surface area contributed by atoms with Crippen LogP contribution in [0.25, 0.3) is 0 Å². The van der Waals surface area contributed by atoms with Gasteiger partial charge in [-0.3, -0.25) is 9.80 Å². The molecule has 0 fully saturated rings. The monoisotopic (exact) mass is 441 g/mol. The van der Waals surface area contributed by atoms with Crippen LogP contribution >= 0.6 is 0 Å². The van der Waals surface area contributed by atoms with Crippen molar-refractivity contribution in [3.8, 4) is 5.75 Å². The van der Waals surface area contributed by atoms with Gasteiger partial charge in [0.15, 0.2) is 0 Å². The fourth-order valence-corrected chi connectivity index (χ4v) is 3.91. The predicted molar refractivity (Wildman–Crippen MR) is 123 cm³/mol. The van der Waals surface area contributed by atoms with Gasteiger partial charge in [0.05, 0.1) is 24.4 Å². The molecule has 4 atom stereocenters. The van der Waals surface area contributed by atoms with Gasteiger partial charge in [0.1, 0.15) is 5.75 Å². The van der Waals surface area contributed by atoms with Gasteiger partial charge in [-0.2, -0.15) is 0 Å². The highest BCUT2D eigenvalue weighted by Gasteiger charge is 2.19. The highest BCUT2D eigenvalue weighted by Crippen LogP contribution is 2.28. The van der Waals surface area contributed by atoms with Crippen LogP contribution in [0.4, 0.5) is 0 Å². The van der Waals surface area contributed by atoms with E-state index in [-0.39, 0.29) is 5.75 Å². The Balaban J connectivity index is 3.27. The number of aliphatic hydroxyl groups is 4. The van der Waals surface area contributed by atoms with Gasteiger partial charge in [-0.15, -0.1) is 0 Å². The first-order valence-electron chi connectivity index (χ1n) is 11.0. The van der Waals surface area contributed by atoms with E-state index in [9.17, 15) is 25.5 Å². The van der Waals surface area contributed by atoms with Gasteiger partial charge >= 0.3 is 0 Å². The molecule has 4 unspecified atom stereocenters. The van der Waals surface area contributed by atoms with Crippen molar-refractivity contribution in [2.45, 2.75) is 71.7 Å². The molecule has 0 amide bonds. The molecule has 0 radical (unpaired) electrons. The predicted octanol–water partition coefficient (Wildman–Crippen LogP) is 0.581. The van der Waals surface area contributed by atoms with Crippen molar-refractivity contribution < 1.29 is 25.5 Å². The van der Waals surface area contributed by atoms with E-state index in [0.29, 0.717) is 45.8 Å². The topological polar surface area (TPSA) is 111 Å². The summed E-state index contributed by atoms with van der Waals surface area (Å²) < 4.78 is 0. The molecule has 0 aliphatic carbocycles. The lowest BCUT2D eigenvalue weighted by molar-refractivity contribution is 0.0779. The van der Waals surface area contributed by atoms with Gasteiger partial charge in [0.2, 0.25) is 0 Å². The summed E-state index contributed by atoms with van der Waals surface area (Å²) in [6, 6.07) is 3.92. The highest BCUT2D eigenvalue weighted by molar-refractivity contribution is 5.44. The molecule has 0 saturated heterocycles. The zero-order valence-electron chi connectivity index (χ0n) is 20.0. The van der Waals surface area contributed by atoms with E-state index in [1.807, 2.05) is 40.9 Å². The van der Waals surface area contributed by atoms with E-state index in [0.717, 1.165) is 16.7 Å². The van der Waals surface area contributed by atoms with Crippen molar-refractivity contribution in [2.75, 3.05) is 40.3 Å². The van der Waals surface area contributed by atoms with Crippen molar-refractivity contribution in [1.82, 2.24) is 14.7 Å². The Bertz CT molecular complexity index is 583. The standard InChI is InChI=1S/C23H43N3O5/c1-16(27)9-25(10-17(2)28)14-21-7-20(13-24(5)6)8-22(23(21)31)15-26(11-18(3)29)12-19(4)30/h7-8,16-19,27-31H,9-15H2,1-6H3. The number of phenols is 1. The van der Waals surface area contributed by atoms with Crippen molar-refractivity contribution in [3.05, 3.63) is 28.8 Å². The maximum Gasteiger partial charge on any atom is 0.124 e. The van der Waals surface area contributed by atoms with Crippen molar-refractivity contribution in [2.24, 2.45) is 0 Å². The third-order valence-corrected chi connectivity index (χ3v) is 4.70. The molecular weight excluding hydrogens is 398 g/mol. The number of phenolic OH excluding ortho intramolecular Hbond substituents is 1. The van der Waals surface area contributed by atoms with Gasteiger partial charge in [-0.1, -0.05) is 0 Å². The van der Waals surface area contributed by atoms with Gasteiger partial charge in [0, 0.05) is 56.9 Å². The van der Waals surface area contributed by atoms with Crippen molar-refractivity contribution >= 4 is 0 Å². The smallest absolute Gasteiger partial charge is 0.124 e. The summed E-state index contributed by atoms with van der Waals surface area (Å²) in [6.45, 7) is 9.81. The molecule has 8 heteroatoms. The minimum absolute atomic E-state index is 0.171. The van der Waals surface area contributed by atoms with E-state index in [4.69, 9.17) is 0 Å². The van der Waals surface area contributed by atoms with Crippen LogP contribution in [0.1, 0.15) is 44.4 Å². The van der Waals surface area contributed by atoms with Gasteiger partial charge < -0.3 is 30.4 Å². The summed E-state index contributed by atoms with van der Waals surface area (Å²) >= 11 is 0. The maximum atomic E-state index is 11.1. The average molecular weight is 442 g/mol. The first kappa shape index (κ1) is 27.8. The highest BCUT2D eigenvalue weighted by atomic mass is 16.3. The Kier molecular flexibility index (Phi) is 11.9. The van der Waals surface area contributed by atoms with Crippen LogP contribution in [0.2, 0.25) is 0 Å². The van der Waals surface area contributed by atoms with Crippen molar-refractivity contribution in [1.29, 1.82) is 0 Å². The maximum absolute atomic E-state index is 11.1. The summed E-state index contributed by atoms with van der Waals surface area (Å²) in [5, 5.41) is 50.5. The lowest BCUT2D eigenvalue weighted by Gasteiger charge is -2.28. The minimum Gasteiger partial charge on any atom is -0.507 e. The van der Waals surface area contributed by atoms with E-state index in [2.05, 4.69) is 0 Å². The quantitative estimate of drug-likeness (QED) is 0.285. The van der Waals surface area contributed by atoms with Crippen LogP contribution in [-0.2, 0) is 19.6 Å². The molecule has 0 bridgehead atoms. The second-order valence-corrected chi connectivity index (χ2v) is 9.28. The normalized spacial score (nSPS) is 16.2. The largest absolute Gasteiger partial charge is 0.507 e. The minimum atomic E-state index is -0.558. The Morgan fingerprint density at radius 3 is 1.23 bits per heavy atom. The summed E-state index contributed by atoms with van der Waals surface area (Å²) in [5.41, 5.74) is 2.49. The number of hydrogen-bond donors (Lipinski definition) is 5. The molecule has 31 heavy (non-hydrogen) atoms. The van der Waals surface area contributed by atoms with Crippen LogP contribution in [0.3, 0.4) is 0 Å². The number of aliphatic hydroxyl groups excluding tert-OH is 4. The summed E-state index contributed by atoms with van der Waals surface area (Å²) in [6.07, 6.45) is -2.23. The first-order valence-corrected chi connectivity index (χ1v) is 11.0. The van der Waals surface area contributed by atoms with E-state index >= 15 is 0 Å². The van der Waals surface area contributed by atoms with Crippen LogP contribution in [0.15, 0.2) is 12.1 Å². The number of benzene rings is 1.